The van der Waals surface area contributed by atoms with Crippen LogP contribution in [0.25, 0.3) is 0 Å². The maximum atomic E-state index is 12.1. The van der Waals surface area contributed by atoms with Gasteiger partial charge in [0.15, 0.2) is 5.79 Å². The van der Waals surface area contributed by atoms with Gasteiger partial charge in [-0.05, 0) is 37.7 Å². The molecule has 0 radical (unpaired) electrons. The quantitative estimate of drug-likeness (QED) is 0.773. The molecular weight excluding hydrogens is 304 g/mol. The molecule has 4 heteroatoms. The van der Waals surface area contributed by atoms with E-state index < -0.39 is 22.9 Å². The topological polar surface area (TPSA) is 66.8 Å². The van der Waals surface area contributed by atoms with Gasteiger partial charge in [0.1, 0.15) is 11.4 Å². The van der Waals surface area contributed by atoms with E-state index in [9.17, 15) is 15.0 Å². The van der Waals surface area contributed by atoms with Crippen LogP contribution in [0.1, 0.15) is 72.6 Å². The van der Waals surface area contributed by atoms with Crippen LogP contribution < -0.4 is 0 Å². The average molecular weight is 336 g/mol. The second-order valence-electron chi connectivity index (χ2n) is 9.21. The molecule has 2 N–H and O–H groups in total. The van der Waals surface area contributed by atoms with Crippen LogP contribution in [-0.2, 0) is 9.53 Å². The lowest BCUT2D eigenvalue weighted by Crippen LogP contribution is -2.58. The van der Waals surface area contributed by atoms with Gasteiger partial charge in [0.25, 0.3) is 0 Å². The number of rotatable bonds is 4. The molecule has 3 aliphatic rings. The lowest BCUT2D eigenvalue weighted by Gasteiger charge is -2.56. The van der Waals surface area contributed by atoms with Gasteiger partial charge in [0.05, 0.1) is 6.10 Å². The number of carbonyl (C=O) groups is 1. The molecule has 1 saturated carbocycles. The molecule has 0 aromatic rings. The summed E-state index contributed by atoms with van der Waals surface area (Å²) in [5.41, 5.74) is -0.550. The molecule has 0 aromatic heterocycles. The van der Waals surface area contributed by atoms with E-state index in [4.69, 9.17) is 4.74 Å². The molecule has 24 heavy (non-hydrogen) atoms. The van der Waals surface area contributed by atoms with Crippen LogP contribution in [0, 0.1) is 16.7 Å². The highest BCUT2D eigenvalue weighted by Gasteiger charge is 2.72. The summed E-state index contributed by atoms with van der Waals surface area (Å²) in [6.07, 6.45) is 4.17. The Labute approximate surface area is 145 Å². The van der Waals surface area contributed by atoms with E-state index in [1.807, 2.05) is 20.8 Å². The van der Waals surface area contributed by atoms with Crippen LogP contribution in [0.15, 0.2) is 12.2 Å². The van der Waals surface area contributed by atoms with Crippen LogP contribution >= 0.6 is 0 Å². The summed E-state index contributed by atoms with van der Waals surface area (Å²) in [7, 11) is 0. The van der Waals surface area contributed by atoms with Crippen molar-refractivity contribution in [2.24, 2.45) is 16.7 Å². The van der Waals surface area contributed by atoms with Crippen LogP contribution in [-0.4, -0.2) is 33.5 Å². The fraction of sp³-hybridized carbons (Fsp3) is 0.850. The number of fused-ring (bicyclic) bond motifs is 1. The zero-order valence-electron chi connectivity index (χ0n) is 15.5. The van der Waals surface area contributed by atoms with Gasteiger partial charge in [-0.1, -0.05) is 34.3 Å². The Bertz CT molecular complexity index is 570. The molecular formula is C20H32O4. The first-order valence-corrected chi connectivity index (χ1v) is 9.31. The predicted molar refractivity (Wildman–Crippen MR) is 92.3 cm³/mol. The smallest absolute Gasteiger partial charge is 0.172 e. The highest BCUT2D eigenvalue weighted by Crippen LogP contribution is 2.69. The Balaban J connectivity index is 1.93. The largest absolute Gasteiger partial charge is 0.389 e. The molecule has 136 valence electrons. The summed E-state index contributed by atoms with van der Waals surface area (Å²) in [5.74, 6) is -0.993. The molecule has 1 spiro atoms. The van der Waals surface area contributed by atoms with Crippen LogP contribution in [0.2, 0.25) is 0 Å². The lowest BCUT2D eigenvalue weighted by molar-refractivity contribution is -0.306. The number of ketones is 1. The third kappa shape index (κ3) is 2.26. The zero-order valence-corrected chi connectivity index (χ0v) is 15.5. The molecule has 2 heterocycles. The van der Waals surface area contributed by atoms with Gasteiger partial charge >= 0.3 is 0 Å². The summed E-state index contributed by atoms with van der Waals surface area (Å²) < 4.78 is 6.36. The second kappa shape index (κ2) is 5.39. The van der Waals surface area contributed by atoms with Crippen LogP contribution in [0.5, 0.6) is 0 Å². The Morgan fingerprint density at radius 1 is 1.33 bits per heavy atom. The minimum absolute atomic E-state index is 0.0137. The monoisotopic (exact) mass is 336 g/mol. The molecule has 2 saturated heterocycles. The Kier molecular flexibility index (Phi) is 4.06. The SMILES string of the molecule is C=C1[C@H](O)CC[C@]2(C)CCC3(O)O[C@]12C[C@]3(C)CCC(=O)C(C)C. The molecule has 2 aliphatic heterocycles. The van der Waals surface area contributed by atoms with E-state index in [2.05, 4.69) is 13.5 Å². The molecule has 2 bridgehead atoms. The number of aliphatic hydroxyl groups is 2. The maximum Gasteiger partial charge on any atom is 0.172 e. The standard InChI is InChI=1S/C20H32O4/c1-13(2)15(21)6-9-18(5)12-19-14(3)16(22)7-8-17(19,4)10-11-20(18,23)24-19/h13,16,22-23H,3,6-12H2,1-2,4-5H3/t16-,17-,18+,19-,20?/m1/s1. The minimum atomic E-state index is -1.23. The third-order valence-electron chi connectivity index (χ3n) is 7.37. The zero-order chi connectivity index (χ0) is 18.0. The van der Waals surface area contributed by atoms with Crippen molar-refractivity contribution in [3.8, 4) is 0 Å². The fourth-order valence-electron chi connectivity index (χ4n) is 5.24. The van der Waals surface area contributed by atoms with Crippen molar-refractivity contribution < 1.29 is 19.7 Å². The number of Topliss-reactive ketones (excluding diaryl/α,β-unsaturated/α-hetero) is 1. The predicted octanol–water partition coefficient (Wildman–Crippen LogP) is 3.36. The van der Waals surface area contributed by atoms with Crippen molar-refractivity contribution in [1.29, 1.82) is 0 Å². The van der Waals surface area contributed by atoms with Crippen molar-refractivity contribution in [3.63, 3.8) is 0 Å². The van der Waals surface area contributed by atoms with Crippen molar-refractivity contribution in [3.05, 3.63) is 12.2 Å². The number of hydrogen-bond donors (Lipinski definition) is 2. The molecule has 3 rings (SSSR count). The first-order chi connectivity index (χ1) is 11.0. The highest BCUT2D eigenvalue weighted by molar-refractivity contribution is 5.80. The van der Waals surface area contributed by atoms with Gasteiger partial charge in [-0.3, -0.25) is 4.79 Å². The van der Waals surface area contributed by atoms with Gasteiger partial charge in [-0.25, -0.2) is 0 Å². The van der Waals surface area contributed by atoms with Gasteiger partial charge < -0.3 is 14.9 Å². The third-order valence-corrected chi connectivity index (χ3v) is 7.37. The molecule has 1 unspecified atom stereocenters. The van der Waals surface area contributed by atoms with E-state index in [1.165, 1.54) is 0 Å². The summed E-state index contributed by atoms with van der Waals surface area (Å²) >= 11 is 0. The van der Waals surface area contributed by atoms with E-state index in [0.29, 0.717) is 37.7 Å². The van der Waals surface area contributed by atoms with Gasteiger partial charge in [0.2, 0.25) is 0 Å². The summed E-state index contributed by atoms with van der Waals surface area (Å²) in [6.45, 7) is 12.2. The number of aliphatic hydroxyl groups excluding tert-OH is 1. The Morgan fingerprint density at radius 2 is 2.00 bits per heavy atom. The molecule has 1 aliphatic carbocycles. The Morgan fingerprint density at radius 3 is 2.62 bits per heavy atom. The molecule has 4 nitrogen and oxygen atoms in total. The van der Waals surface area contributed by atoms with Crippen molar-refractivity contribution in [1.82, 2.24) is 0 Å². The van der Waals surface area contributed by atoms with E-state index in [-0.39, 0.29) is 17.1 Å². The molecule has 0 aromatic carbocycles. The van der Waals surface area contributed by atoms with Crippen molar-refractivity contribution in [2.75, 3.05) is 0 Å². The van der Waals surface area contributed by atoms with Crippen LogP contribution in [0.3, 0.4) is 0 Å². The van der Waals surface area contributed by atoms with Crippen LogP contribution in [0.4, 0.5) is 0 Å². The van der Waals surface area contributed by atoms with Gasteiger partial charge in [-0.15, -0.1) is 0 Å². The van der Waals surface area contributed by atoms with E-state index in [1.54, 1.807) is 0 Å². The van der Waals surface area contributed by atoms with Crippen molar-refractivity contribution >= 4 is 5.78 Å². The summed E-state index contributed by atoms with van der Waals surface area (Å²) in [4.78, 5) is 12.1. The highest BCUT2D eigenvalue weighted by atomic mass is 16.7. The first-order valence-electron chi connectivity index (χ1n) is 9.31. The minimum Gasteiger partial charge on any atom is -0.389 e. The molecule has 0 amide bonds. The summed E-state index contributed by atoms with van der Waals surface area (Å²) in [6, 6.07) is 0. The normalized spacial score (nSPS) is 47.8. The van der Waals surface area contributed by atoms with E-state index >= 15 is 0 Å². The number of ether oxygens (including phenoxy) is 1. The first kappa shape index (κ1) is 18.1. The molecule has 3 fully saturated rings. The fourth-order valence-corrected chi connectivity index (χ4v) is 5.24. The second-order valence-corrected chi connectivity index (χ2v) is 9.21. The Hall–Kier alpha value is -0.710. The van der Waals surface area contributed by atoms with Gasteiger partial charge in [0, 0.05) is 29.6 Å². The maximum absolute atomic E-state index is 12.1. The average Bonchev–Trinajstić information content (AvgIpc) is 2.72. The number of carbonyl (C=O) groups excluding carboxylic acids is 1. The lowest BCUT2D eigenvalue weighted by atomic mass is 9.57. The van der Waals surface area contributed by atoms with Gasteiger partial charge in [-0.2, -0.15) is 0 Å². The summed E-state index contributed by atoms with van der Waals surface area (Å²) in [5, 5.41) is 21.7. The molecule has 5 atom stereocenters. The van der Waals surface area contributed by atoms with Crippen molar-refractivity contribution in [2.45, 2.75) is 90.1 Å². The van der Waals surface area contributed by atoms with E-state index in [0.717, 1.165) is 12.8 Å². The number of hydrogen-bond acceptors (Lipinski definition) is 4.